The Labute approximate surface area is 163 Å². The first-order chi connectivity index (χ1) is 13.0. The number of rotatable bonds is 4. The largest absolute Gasteiger partial charge is 0.387 e. The summed E-state index contributed by atoms with van der Waals surface area (Å²) in [7, 11) is 0. The molecule has 6 heteroatoms. The van der Waals surface area contributed by atoms with E-state index >= 15 is 0 Å². The number of hydrazine groups is 1. The quantitative estimate of drug-likeness (QED) is 0.850. The molecular formula is C21H22ClN3O2. The second kappa shape index (κ2) is 7.35. The molecule has 0 radical (unpaired) electrons. The number of fused-ring (bicyclic) bond motifs is 1. The molecule has 0 saturated carbocycles. The predicted octanol–water partition coefficient (Wildman–Crippen LogP) is 3.32. The van der Waals surface area contributed by atoms with Gasteiger partial charge in [0.05, 0.1) is 18.7 Å². The van der Waals surface area contributed by atoms with Gasteiger partial charge in [-0.05, 0) is 42.2 Å². The van der Waals surface area contributed by atoms with Crippen LogP contribution in [0.5, 0.6) is 0 Å². The van der Waals surface area contributed by atoms with E-state index in [0.29, 0.717) is 11.4 Å². The zero-order valence-corrected chi connectivity index (χ0v) is 15.8. The van der Waals surface area contributed by atoms with Crippen molar-refractivity contribution in [2.45, 2.75) is 31.5 Å². The number of nitrogens with zero attached hydrogens (tertiary/aromatic N) is 2. The van der Waals surface area contributed by atoms with E-state index in [1.54, 1.807) is 35.4 Å². The molecule has 0 spiro atoms. The van der Waals surface area contributed by atoms with Gasteiger partial charge in [-0.2, -0.15) is 0 Å². The number of hydrogen-bond acceptors (Lipinski definition) is 4. The van der Waals surface area contributed by atoms with E-state index in [9.17, 15) is 9.90 Å². The molecule has 2 aliphatic rings. The highest BCUT2D eigenvalue weighted by Crippen LogP contribution is 2.32. The minimum atomic E-state index is -0.760. The zero-order valence-electron chi connectivity index (χ0n) is 15.0. The molecule has 3 atom stereocenters. The summed E-state index contributed by atoms with van der Waals surface area (Å²) in [5.41, 5.74) is 6.57. The summed E-state index contributed by atoms with van der Waals surface area (Å²) in [5.74, 6) is -0.00547. The van der Waals surface area contributed by atoms with Crippen molar-refractivity contribution in [1.29, 1.82) is 0 Å². The molecule has 1 amide bonds. The lowest BCUT2D eigenvalue weighted by molar-refractivity contribution is -0.135. The fourth-order valence-electron chi connectivity index (χ4n) is 3.75. The maximum Gasteiger partial charge on any atom is 0.251 e. The van der Waals surface area contributed by atoms with Gasteiger partial charge in [-0.1, -0.05) is 48.0 Å². The lowest BCUT2D eigenvalue weighted by atomic mass is 9.97. The van der Waals surface area contributed by atoms with Crippen molar-refractivity contribution < 1.29 is 9.90 Å². The van der Waals surface area contributed by atoms with Crippen molar-refractivity contribution in [2.24, 2.45) is 0 Å². The summed E-state index contributed by atoms with van der Waals surface area (Å²) in [5, 5.41) is 13.0. The summed E-state index contributed by atoms with van der Waals surface area (Å²) in [6.45, 7) is 2.30. The number of aliphatic hydroxyl groups is 1. The van der Waals surface area contributed by atoms with E-state index < -0.39 is 6.10 Å². The molecule has 2 heterocycles. The highest BCUT2D eigenvalue weighted by molar-refractivity contribution is 6.30. The fourth-order valence-corrected chi connectivity index (χ4v) is 3.87. The number of aliphatic hydroxyl groups excluding tert-OH is 1. The van der Waals surface area contributed by atoms with Crippen molar-refractivity contribution in [3.05, 3.63) is 82.6 Å². The van der Waals surface area contributed by atoms with Crippen LogP contribution in [0, 0.1) is 6.92 Å². The molecule has 1 fully saturated rings. The molecule has 0 aromatic heterocycles. The van der Waals surface area contributed by atoms with Crippen LogP contribution in [0.2, 0.25) is 5.02 Å². The van der Waals surface area contributed by atoms with Gasteiger partial charge < -0.3 is 15.0 Å². The van der Waals surface area contributed by atoms with Crippen LogP contribution in [0.25, 0.3) is 0 Å². The second-order valence-corrected chi connectivity index (χ2v) is 7.49. The van der Waals surface area contributed by atoms with Gasteiger partial charge >= 0.3 is 0 Å². The molecule has 0 aliphatic carbocycles. The van der Waals surface area contributed by atoms with E-state index in [2.05, 4.69) is 24.5 Å². The minimum Gasteiger partial charge on any atom is -0.387 e. The van der Waals surface area contributed by atoms with Gasteiger partial charge in [0.1, 0.15) is 6.04 Å². The molecule has 5 nitrogen and oxygen atoms in total. The summed E-state index contributed by atoms with van der Waals surface area (Å²) in [6, 6.07) is 15.1. The number of nitrogens with one attached hydrogen (secondary N) is 1. The average Bonchev–Trinajstić information content (AvgIpc) is 3.10. The van der Waals surface area contributed by atoms with Gasteiger partial charge in [0.2, 0.25) is 0 Å². The van der Waals surface area contributed by atoms with E-state index in [1.165, 1.54) is 11.1 Å². The van der Waals surface area contributed by atoms with E-state index in [4.69, 9.17) is 11.6 Å². The molecule has 2 aliphatic heterocycles. The van der Waals surface area contributed by atoms with Crippen LogP contribution in [-0.2, 0) is 4.79 Å². The van der Waals surface area contributed by atoms with Crippen molar-refractivity contribution in [2.75, 3.05) is 6.54 Å². The van der Waals surface area contributed by atoms with Crippen LogP contribution in [0.3, 0.4) is 0 Å². The van der Waals surface area contributed by atoms with Gasteiger partial charge in [-0.3, -0.25) is 4.79 Å². The summed E-state index contributed by atoms with van der Waals surface area (Å²) in [4.78, 5) is 14.6. The van der Waals surface area contributed by atoms with Crippen LogP contribution in [0.15, 0.2) is 60.9 Å². The van der Waals surface area contributed by atoms with Gasteiger partial charge in [-0.15, -0.1) is 0 Å². The molecule has 140 valence electrons. The van der Waals surface area contributed by atoms with Crippen LogP contribution in [-0.4, -0.2) is 33.5 Å². The Hall–Kier alpha value is -2.34. The topological polar surface area (TPSA) is 55.8 Å². The Morgan fingerprint density at radius 2 is 1.93 bits per heavy atom. The van der Waals surface area contributed by atoms with Crippen molar-refractivity contribution >= 4 is 17.5 Å². The zero-order chi connectivity index (χ0) is 19.0. The summed E-state index contributed by atoms with van der Waals surface area (Å²) >= 11 is 5.90. The normalized spacial score (nSPS) is 22.9. The molecular weight excluding hydrogens is 362 g/mol. The van der Waals surface area contributed by atoms with Gasteiger partial charge in [0, 0.05) is 17.4 Å². The Morgan fingerprint density at radius 3 is 2.67 bits per heavy atom. The first kappa shape index (κ1) is 18.0. The van der Waals surface area contributed by atoms with Crippen LogP contribution >= 0.6 is 11.6 Å². The predicted molar refractivity (Wildman–Crippen MR) is 105 cm³/mol. The van der Waals surface area contributed by atoms with Crippen LogP contribution in [0.4, 0.5) is 0 Å². The second-order valence-electron chi connectivity index (χ2n) is 7.05. The first-order valence-corrected chi connectivity index (χ1v) is 9.43. The number of carbonyl (C=O) groups excluding carboxylic acids is 1. The highest BCUT2D eigenvalue weighted by Gasteiger charge is 2.40. The van der Waals surface area contributed by atoms with Crippen molar-refractivity contribution in [3.63, 3.8) is 0 Å². The van der Waals surface area contributed by atoms with E-state index in [-0.39, 0.29) is 24.5 Å². The Morgan fingerprint density at radius 1 is 1.19 bits per heavy atom. The van der Waals surface area contributed by atoms with Crippen molar-refractivity contribution in [1.82, 2.24) is 15.3 Å². The van der Waals surface area contributed by atoms with E-state index in [1.807, 2.05) is 23.3 Å². The number of halogens is 1. The number of amides is 1. The lowest BCUT2D eigenvalue weighted by Gasteiger charge is -2.32. The first-order valence-electron chi connectivity index (χ1n) is 9.05. The SMILES string of the molecule is Cc1ccccc1C1CC2C(=O)N(CC(O)c3ccc(Cl)cc3)C=CN2N1. The van der Waals surface area contributed by atoms with Gasteiger partial charge in [0.25, 0.3) is 5.91 Å². The molecule has 4 rings (SSSR count). The third-order valence-corrected chi connectivity index (χ3v) is 5.52. The molecule has 2 N–H and O–H groups in total. The maximum absolute atomic E-state index is 13.0. The Kier molecular flexibility index (Phi) is 4.91. The smallest absolute Gasteiger partial charge is 0.251 e. The fraction of sp³-hybridized carbons (Fsp3) is 0.286. The van der Waals surface area contributed by atoms with Gasteiger partial charge in [-0.25, -0.2) is 5.43 Å². The number of aryl methyl sites for hydroxylation is 1. The summed E-state index contributed by atoms with van der Waals surface area (Å²) < 4.78 is 0. The van der Waals surface area contributed by atoms with Gasteiger partial charge in [0.15, 0.2) is 0 Å². The molecule has 0 bridgehead atoms. The average molecular weight is 384 g/mol. The highest BCUT2D eigenvalue weighted by atomic mass is 35.5. The van der Waals surface area contributed by atoms with Crippen LogP contribution in [0.1, 0.15) is 35.3 Å². The number of hydrogen-bond donors (Lipinski definition) is 2. The molecule has 2 aromatic rings. The minimum absolute atomic E-state index is 0.00547. The Balaban J connectivity index is 1.46. The number of β-amino-alcohol motifs (C(OH)–C–C–N with tert-alkyl or cyclic N) is 1. The monoisotopic (exact) mass is 383 g/mol. The molecule has 27 heavy (non-hydrogen) atoms. The van der Waals surface area contributed by atoms with Crippen molar-refractivity contribution in [3.8, 4) is 0 Å². The molecule has 3 unspecified atom stereocenters. The third-order valence-electron chi connectivity index (χ3n) is 5.26. The standard InChI is InChI=1S/C21H22ClN3O2/c1-14-4-2-3-5-17(14)18-12-19-21(27)24(10-11-25(19)23-18)13-20(26)15-6-8-16(22)9-7-15/h2-11,18-20,23,26H,12-13H2,1H3. The third kappa shape index (κ3) is 3.58. The number of benzene rings is 2. The number of carbonyl (C=O) groups is 1. The molecule has 2 aromatic carbocycles. The van der Waals surface area contributed by atoms with Crippen LogP contribution < -0.4 is 5.43 Å². The maximum atomic E-state index is 13.0. The lowest BCUT2D eigenvalue weighted by Crippen LogP contribution is -2.48. The van der Waals surface area contributed by atoms with E-state index in [0.717, 1.165) is 5.56 Å². The molecule has 1 saturated heterocycles. The summed E-state index contributed by atoms with van der Waals surface area (Å²) in [6.07, 6.45) is 3.54. The Bertz CT molecular complexity index is 868.